The van der Waals surface area contributed by atoms with Crippen LogP contribution in [0.1, 0.15) is 27.7 Å². The quantitative estimate of drug-likeness (QED) is 0.729. The Labute approximate surface area is 134 Å². The predicted molar refractivity (Wildman–Crippen MR) is 89.7 cm³/mol. The Balaban J connectivity index is 0.00000106. The topological polar surface area (TPSA) is 35.5 Å². The molecule has 2 aromatic carbocycles. The molecule has 0 fully saturated rings. The van der Waals surface area contributed by atoms with Crippen LogP contribution in [-0.4, -0.2) is 18.7 Å². The van der Waals surface area contributed by atoms with E-state index in [4.69, 9.17) is 9.47 Å². The van der Waals surface area contributed by atoms with E-state index in [2.05, 4.69) is 15.9 Å². The second-order valence-corrected chi connectivity index (χ2v) is 5.08. The molecule has 2 rings (SSSR count). The number of fused-ring (bicyclic) bond motifs is 1. The van der Waals surface area contributed by atoms with Crippen LogP contribution in [0, 0.1) is 0 Å². The third-order valence-electron chi connectivity index (χ3n) is 2.71. The number of carbonyl (C=O) groups excluding carboxylic acids is 1. The summed E-state index contributed by atoms with van der Waals surface area (Å²) in [6.45, 7) is 7.82. The Hall–Kier alpha value is -1.55. The minimum atomic E-state index is -0.607. The molecule has 0 saturated heterocycles. The Bertz CT molecular complexity index is 596. The van der Waals surface area contributed by atoms with Crippen molar-refractivity contribution in [2.24, 2.45) is 0 Å². The molecule has 0 aliphatic heterocycles. The molecule has 0 heterocycles. The summed E-state index contributed by atoms with van der Waals surface area (Å²) in [6.07, 6.45) is -0.607. The number of ether oxygens (including phenoxy) is 2. The lowest BCUT2D eigenvalue weighted by molar-refractivity contribution is -0.150. The molecule has 3 nitrogen and oxygen atoms in total. The minimum Gasteiger partial charge on any atom is -0.479 e. The SMILES string of the molecule is CC.CCOC(=O)C(C)Oc1ccc2ccc(Br)cc2c1. The summed E-state index contributed by atoms with van der Waals surface area (Å²) < 4.78 is 11.5. The molecule has 0 aliphatic carbocycles. The number of carbonyl (C=O) groups is 1. The van der Waals surface area contributed by atoms with Crippen molar-refractivity contribution in [3.8, 4) is 5.75 Å². The number of hydrogen-bond donors (Lipinski definition) is 0. The van der Waals surface area contributed by atoms with Crippen molar-refractivity contribution in [3.63, 3.8) is 0 Å². The maximum absolute atomic E-state index is 11.5. The van der Waals surface area contributed by atoms with Crippen LogP contribution in [0.2, 0.25) is 0 Å². The van der Waals surface area contributed by atoms with E-state index in [9.17, 15) is 4.79 Å². The molecule has 0 amide bonds. The van der Waals surface area contributed by atoms with Crippen molar-refractivity contribution >= 4 is 32.7 Å². The molecule has 0 spiro atoms. The summed E-state index contributed by atoms with van der Waals surface area (Å²) >= 11 is 3.44. The zero-order chi connectivity index (χ0) is 15.8. The lowest BCUT2D eigenvalue weighted by Crippen LogP contribution is -2.26. The highest BCUT2D eigenvalue weighted by atomic mass is 79.9. The second kappa shape index (κ2) is 8.67. The molecule has 0 bridgehead atoms. The minimum absolute atomic E-state index is 0.350. The number of halogens is 1. The number of hydrogen-bond acceptors (Lipinski definition) is 3. The first kappa shape index (κ1) is 17.5. The average Bonchev–Trinajstić information content (AvgIpc) is 2.49. The van der Waals surface area contributed by atoms with Gasteiger partial charge in [0.25, 0.3) is 0 Å². The van der Waals surface area contributed by atoms with E-state index in [0.717, 1.165) is 15.2 Å². The third kappa shape index (κ3) is 5.05. The van der Waals surface area contributed by atoms with Gasteiger partial charge in [0.15, 0.2) is 6.10 Å². The smallest absolute Gasteiger partial charge is 0.347 e. The Morgan fingerprint density at radius 3 is 2.48 bits per heavy atom. The van der Waals surface area contributed by atoms with Crippen LogP contribution < -0.4 is 4.74 Å². The van der Waals surface area contributed by atoms with Gasteiger partial charge in [-0.05, 0) is 48.9 Å². The lowest BCUT2D eigenvalue weighted by atomic mass is 10.1. The van der Waals surface area contributed by atoms with Gasteiger partial charge in [0.1, 0.15) is 5.75 Å². The van der Waals surface area contributed by atoms with Gasteiger partial charge < -0.3 is 9.47 Å². The summed E-state index contributed by atoms with van der Waals surface area (Å²) in [5.74, 6) is 0.308. The van der Waals surface area contributed by atoms with E-state index >= 15 is 0 Å². The van der Waals surface area contributed by atoms with Gasteiger partial charge in [-0.2, -0.15) is 0 Å². The van der Waals surface area contributed by atoms with Crippen molar-refractivity contribution in [1.29, 1.82) is 0 Å². The molecular formula is C17H21BrO3. The van der Waals surface area contributed by atoms with Crippen LogP contribution in [-0.2, 0) is 9.53 Å². The zero-order valence-corrected chi connectivity index (χ0v) is 14.4. The molecule has 0 aromatic heterocycles. The first-order valence-electron chi connectivity index (χ1n) is 7.12. The second-order valence-electron chi connectivity index (χ2n) is 4.17. The van der Waals surface area contributed by atoms with Crippen LogP contribution in [0.5, 0.6) is 5.75 Å². The summed E-state index contributed by atoms with van der Waals surface area (Å²) in [4.78, 5) is 11.5. The van der Waals surface area contributed by atoms with Gasteiger partial charge in [-0.3, -0.25) is 0 Å². The number of rotatable bonds is 4. The molecule has 2 aromatic rings. The molecule has 1 unspecified atom stereocenters. The zero-order valence-electron chi connectivity index (χ0n) is 12.9. The highest BCUT2D eigenvalue weighted by Gasteiger charge is 2.15. The first-order chi connectivity index (χ1) is 10.1. The van der Waals surface area contributed by atoms with Crippen molar-refractivity contribution in [3.05, 3.63) is 40.9 Å². The van der Waals surface area contributed by atoms with Crippen LogP contribution in [0.4, 0.5) is 0 Å². The lowest BCUT2D eigenvalue weighted by Gasteiger charge is -2.13. The molecule has 4 heteroatoms. The molecule has 21 heavy (non-hydrogen) atoms. The summed E-state index contributed by atoms with van der Waals surface area (Å²) in [5, 5.41) is 2.18. The van der Waals surface area contributed by atoms with E-state index in [-0.39, 0.29) is 5.97 Å². The van der Waals surface area contributed by atoms with Gasteiger partial charge in [0, 0.05) is 4.47 Å². The van der Waals surface area contributed by atoms with E-state index in [1.807, 2.05) is 50.2 Å². The van der Waals surface area contributed by atoms with Crippen LogP contribution in [0.3, 0.4) is 0 Å². The molecule has 0 radical (unpaired) electrons. The Kier molecular flexibility index (Phi) is 7.23. The van der Waals surface area contributed by atoms with E-state index < -0.39 is 6.10 Å². The summed E-state index contributed by atoms with van der Waals surface area (Å²) in [7, 11) is 0. The Morgan fingerprint density at radius 2 is 1.81 bits per heavy atom. The summed E-state index contributed by atoms with van der Waals surface area (Å²) in [6, 6.07) is 11.8. The predicted octanol–water partition coefficient (Wildman–Crippen LogP) is 4.96. The van der Waals surface area contributed by atoms with Gasteiger partial charge >= 0.3 is 5.97 Å². The van der Waals surface area contributed by atoms with Gasteiger partial charge in [-0.15, -0.1) is 0 Å². The van der Waals surface area contributed by atoms with Crippen LogP contribution in [0.15, 0.2) is 40.9 Å². The van der Waals surface area contributed by atoms with Gasteiger partial charge in [0.2, 0.25) is 0 Å². The third-order valence-corrected chi connectivity index (χ3v) is 3.20. The van der Waals surface area contributed by atoms with E-state index in [0.29, 0.717) is 12.4 Å². The van der Waals surface area contributed by atoms with Crippen LogP contribution >= 0.6 is 15.9 Å². The summed E-state index contributed by atoms with van der Waals surface area (Å²) in [5.41, 5.74) is 0. The molecule has 114 valence electrons. The maximum atomic E-state index is 11.5. The largest absolute Gasteiger partial charge is 0.479 e. The van der Waals surface area contributed by atoms with E-state index in [1.54, 1.807) is 13.8 Å². The first-order valence-corrected chi connectivity index (χ1v) is 7.92. The fraction of sp³-hybridized carbons (Fsp3) is 0.353. The molecule has 1 atom stereocenters. The molecule has 0 saturated carbocycles. The van der Waals surface area contributed by atoms with Gasteiger partial charge in [-0.1, -0.05) is 41.9 Å². The highest BCUT2D eigenvalue weighted by Crippen LogP contribution is 2.24. The number of benzene rings is 2. The van der Waals surface area contributed by atoms with Gasteiger partial charge in [0.05, 0.1) is 6.61 Å². The standard InChI is InChI=1S/C15H15BrO3.C2H6/c1-3-18-15(17)10(2)19-14-7-5-11-4-6-13(16)8-12(11)9-14;1-2/h4-10H,3H2,1-2H3;1-2H3. The van der Waals surface area contributed by atoms with E-state index in [1.165, 1.54) is 0 Å². The van der Waals surface area contributed by atoms with Gasteiger partial charge in [-0.25, -0.2) is 4.79 Å². The number of esters is 1. The fourth-order valence-electron chi connectivity index (χ4n) is 1.78. The molecular weight excluding hydrogens is 332 g/mol. The van der Waals surface area contributed by atoms with Crippen LogP contribution in [0.25, 0.3) is 10.8 Å². The normalized spacial score (nSPS) is 11.3. The monoisotopic (exact) mass is 352 g/mol. The van der Waals surface area contributed by atoms with Crippen molar-refractivity contribution in [2.75, 3.05) is 6.61 Å². The maximum Gasteiger partial charge on any atom is 0.347 e. The fourth-order valence-corrected chi connectivity index (χ4v) is 2.16. The average molecular weight is 353 g/mol. The molecule has 0 aliphatic rings. The van der Waals surface area contributed by atoms with Crippen molar-refractivity contribution < 1.29 is 14.3 Å². The Morgan fingerprint density at radius 1 is 1.14 bits per heavy atom. The van der Waals surface area contributed by atoms with Crippen molar-refractivity contribution in [1.82, 2.24) is 0 Å². The highest BCUT2D eigenvalue weighted by molar-refractivity contribution is 9.10. The van der Waals surface area contributed by atoms with Crippen molar-refractivity contribution in [2.45, 2.75) is 33.8 Å². The molecule has 0 N–H and O–H groups in total.